The average molecular weight is 320 g/mol. The number of hydrogen-bond acceptors (Lipinski definition) is 4. The number of rotatable bonds is 6. The number of likely N-dealkylation sites (N-methyl/N-ethyl adjacent to an activating group) is 1. The zero-order valence-corrected chi connectivity index (χ0v) is 12.9. The summed E-state index contributed by atoms with van der Waals surface area (Å²) in [6, 6.07) is 6.52. The largest absolute Gasteiger partial charge is 0.384 e. The fraction of sp³-hybridized carbons (Fsp3) is 0.250. The lowest BCUT2D eigenvalue weighted by Gasteiger charge is -2.12. The van der Waals surface area contributed by atoms with Crippen LogP contribution >= 0.6 is 0 Å². The number of carbonyl (C=O) groups excluding carboxylic acids is 1. The molecule has 1 aromatic carbocycles. The third-order valence-electron chi connectivity index (χ3n) is 3.06. The lowest BCUT2D eigenvalue weighted by atomic mass is 10.2. The van der Waals surface area contributed by atoms with Crippen molar-refractivity contribution in [3.05, 3.63) is 53.9 Å². The number of nitrogens with zero attached hydrogens (tertiary/aromatic N) is 2. The van der Waals surface area contributed by atoms with Gasteiger partial charge in [-0.25, -0.2) is 8.78 Å². The van der Waals surface area contributed by atoms with Crippen LogP contribution in [0.15, 0.2) is 36.5 Å². The molecule has 122 valence electrons. The molecular weight excluding hydrogens is 302 g/mol. The third-order valence-corrected chi connectivity index (χ3v) is 3.06. The second kappa shape index (κ2) is 7.64. The van der Waals surface area contributed by atoms with Crippen LogP contribution in [0.4, 0.5) is 20.2 Å². The maximum Gasteiger partial charge on any atom is 0.274 e. The predicted molar refractivity (Wildman–Crippen MR) is 85.6 cm³/mol. The first-order chi connectivity index (χ1) is 11.0. The van der Waals surface area contributed by atoms with Crippen molar-refractivity contribution in [2.45, 2.75) is 0 Å². The van der Waals surface area contributed by atoms with Crippen molar-refractivity contribution < 1.29 is 13.6 Å². The van der Waals surface area contributed by atoms with Crippen molar-refractivity contribution >= 4 is 17.3 Å². The SMILES string of the molecule is CN(C)CCNc1ccnc(C(=O)Nc2ccc(F)c(F)c2)c1. The van der Waals surface area contributed by atoms with Crippen LogP contribution in [0.5, 0.6) is 0 Å². The highest BCUT2D eigenvalue weighted by molar-refractivity contribution is 6.03. The molecule has 0 atom stereocenters. The van der Waals surface area contributed by atoms with Crippen LogP contribution in [-0.4, -0.2) is 43.0 Å². The normalized spacial score (nSPS) is 10.7. The van der Waals surface area contributed by atoms with Gasteiger partial charge in [-0.3, -0.25) is 9.78 Å². The maximum absolute atomic E-state index is 13.1. The van der Waals surface area contributed by atoms with Crippen molar-refractivity contribution in [3.63, 3.8) is 0 Å². The van der Waals surface area contributed by atoms with E-state index in [9.17, 15) is 13.6 Å². The van der Waals surface area contributed by atoms with Crippen LogP contribution in [0.2, 0.25) is 0 Å². The summed E-state index contributed by atoms with van der Waals surface area (Å²) in [5.74, 6) is -2.48. The highest BCUT2D eigenvalue weighted by Gasteiger charge is 2.10. The minimum Gasteiger partial charge on any atom is -0.384 e. The number of anilines is 2. The first-order valence-electron chi connectivity index (χ1n) is 7.07. The van der Waals surface area contributed by atoms with Crippen LogP contribution in [0.1, 0.15) is 10.5 Å². The number of carbonyl (C=O) groups is 1. The van der Waals surface area contributed by atoms with Crippen molar-refractivity contribution in [2.75, 3.05) is 37.8 Å². The van der Waals surface area contributed by atoms with Crippen molar-refractivity contribution in [2.24, 2.45) is 0 Å². The van der Waals surface area contributed by atoms with Gasteiger partial charge < -0.3 is 15.5 Å². The van der Waals surface area contributed by atoms with Crippen LogP contribution in [0, 0.1) is 11.6 Å². The quantitative estimate of drug-likeness (QED) is 0.859. The molecule has 2 N–H and O–H groups in total. The molecular formula is C16H18F2N4O. The minimum atomic E-state index is -1.02. The third kappa shape index (κ3) is 5.00. The molecule has 0 saturated carbocycles. The van der Waals surface area contributed by atoms with Crippen molar-refractivity contribution in [1.29, 1.82) is 0 Å². The van der Waals surface area contributed by atoms with E-state index in [0.29, 0.717) is 0 Å². The molecule has 0 unspecified atom stereocenters. The molecule has 0 aliphatic rings. The molecule has 0 fully saturated rings. The van der Waals surface area contributed by atoms with E-state index in [4.69, 9.17) is 0 Å². The van der Waals surface area contributed by atoms with Gasteiger partial charge in [0.05, 0.1) is 0 Å². The number of pyridine rings is 1. The highest BCUT2D eigenvalue weighted by atomic mass is 19.2. The molecule has 0 aliphatic carbocycles. The van der Waals surface area contributed by atoms with Crippen molar-refractivity contribution in [3.8, 4) is 0 Å². The van der Waals surface area contributed by atoms with Gasteiger partial charge in [-0.1, -0.05) is 0 Å². The molecule has 0 bridgehead atoms. The van der Waals surface area contributed by atoms with Gasteiger partial charge in [0, 0.05) is 36.7 Å². The molecule has 1 amide bonds. The molecule has 0 saturated heterocycles. The molecule has 2 aromatic rings. The number of benzene rings is 1. The van der Waals surface area contributed by atoms with Crippen LogP contribution in [0.25, 0.3) is 0 Å². The smallest absolute Gasteiger partial charge is 0.274 e. The van der Waals surface area contributed by atoms with E-state index in [1.807, 2.05) is 19.0 Å². The molecule has 7 heteroatoms. The van der Waals surface area contributed by atoms with Crippen LogP contribution < -0.4 is 10.6 Å². The molecule has 0 radical (unpaired) electrons. The lowest BCUT2D eigenvalue weighted by Crippen LogP contribution is -2.21. The van der Waals surface area contributed by atoms with Gasteiger partial charge in [0.15, 0.2) is 11.6 Å². The Bertz CT molecular complexity index is 692. The Morgan fingerprint density at radius 2 is 1.91 bits per heavy atom. The summed E-state index contributed by atoms with van der Waals surface area (Å²) < 4.78 is 26.0. The topological polar surface area (TPSA) is 57.3 Å². The second-order valence-corrected chi connectivity index (χ2v) is 5.24. The zero-order chi connectivity index (χ0) is 16.8. The Hall–Kier alpha value is -2.54. The predicted octanol–water partition coefficient (Wildman–Crippen LogP) is 2.59. The molecule has 1 heterocycles. The Balaban J connectivity index is 2.02. The van der Waals surface area contributed by atoms with Crippen LogP contribution in [0.3, 0.4) is 0 Å². The fourth-order valence-corrected chi connectivity index (χ4v) is 1.86. The number of hydrogen-bond donors (Lipinski definition) is 2. The first-order valence-corrected chi connectivity index (χ1v) is 7.07. The summed E-state index contributed by atoms with van der Waals surface area (Å²) in [6.45, 7) is 1.57. The zero-order valence-electron chi connectivity index (χ0n) is 12.9. The van der Waals surface area contributed by atoms with E-state index in [-0.39, 0.29) is 11.4 Å². The van der Waals surface area contributed by atoms with Gasteiger partial charge in [-0.05, 0) is 38.4 Å². The summed E-state index contributed by atoms with van der Waals surface area (Å²) in [5.41, 5.74) is 1.11. The Kier molecular flexibility index (Phi) is 5.59. The first kappa shape index (κ1) is 16.8. The molecule has 23 heavy (non-hydrogen) atoms. The minimum absolute atomic E-state index is 0.168. The average Bonchev–Trinajstić information content (AvgIpc) is 2.51. The fourth-order valence-electron chi connectivity index (χ4n) is 1.86. The summed E-state index contributed by atoms with van der Waals surface area (Å²) in [6.07, 6.45) is 1.51. The van der Waals surface area contributed by atoms with E-state index in [0.717, 1.165) is 30.9 Å². The summed E-state index contributed by atoms with van der Waals surface area (Å²) in [5, 5.41) is 5.66. The molecule has 1 aromatic heterocycles. The summed E-state index contributed by atoms with van der Waals surface area (Å²) >= 11 is 0. The van der Waals surface area contributed by atoms with E-state index >= 15 is 0 Å². The Morgan fingerprint density at radius 3 is 2.61 bits per heavy atom. The van der Waals surface area contributed by atoms with Gasteiger partial charge in [-0.2, -0.15) is 0 Å². The van der Waals surface area contributed by atoms with Gasteiger partial charge in [-0.15, -0.1) is 0 Å². The monoisotopic (exact) mass is 320 g/mol. The van der Waals surface area contributed by atoms with Crippen LogP contribution in [-0.2, 0) is 0 Å². The molecule has 5 nitrogen and oxygen atoms in total. The maximum atomic E-state index is 13.1. The number of nitrogens with one attached hydrogen (secondary N) is 2. The number of amides is 1. The summed E-state index contributed by atoms with van der Waals surface area (Å²) in [7, 11) is 3.93. The van der Waals surface area contributed by atoms with Gasteiger partial charge >= 0.3 is 0 Å². The van der Waals surface area contributed by atoms with Gasteiger partial charge in [0.1, 0.15) is 5.69 Å². The molecule has 0 spiro atoms. The standard InChI is InChI=1S/C16H18F2N4O/c1-22(2)8-7-19-11-5-6-20-15(10-11)16(23)21-12-3-4-13(17)14(18)9-12/h3-6,9-10H,7-8H2,1-2H3,(H,19,20)(H,21,23). The van der Waals surface area contributed by atoms with Gasteiger partial charge in [0.2, 0.25) is 0 Å². The number of aromatic nitrogens is 1. The van der Waals surface area contributed by atoms with E-state index in [1.165, 1.54) is 12.3 Å². The summed E-state index contributed by atoms with van der Waals surface area (Å²) in [4.78, 5) is 18.1. The highest BCUT2D eigenvalue weighted by Crippen LogP contribution is 2.15. The Labute approximate surface area is 133 Å². The van der Waals surface area contributed by atoms with E-state index in [2.05, 4.69) is 15.6 Å². The Morgan fingerprint density at radius 1 is 1.13 bits per heavy atom. The van der Waals surface area contributed by atoms with Gasteiger partial charge in [0.25, 0.3) is 5.91 Å². The molecule has 0 aliphatic heterocycles. The second-order valence-electron chi connectivity index (χ2n) is 5.24. The lowest BCUT2D eigenvalue weighted by molar-refractivity contribution is 0.102. The van der Waals surface area contributed by atoms with E-state index in [1.54, 1.807) is 12.1 Å². The molecule has 2 rings (SSSR count). The van der Waals surface area contributed by atoms with E-state index < -0.39 is 17.5 Å². The number of halogens is 2. The van der Waals surface area contributed by atoms with Crippen molar-refractivity contribution in [1.82, 2.24) is 9.88 Å².